The molecule has 0 aromatic carbocycles. The Balaban J connectivity index is 0.00000196. The first-order valence-corrected chi connectivity index (χ1v) is 5.52. The molecule has 1 N–H and O–H groups in total. The number of hydrogen-bond acceptors (Lipinski definition) is 1. The van der Waals surface area contributed by atoms with Crippen LogP contribution in [0.3, 0.4) is 0 Å². The Labute approximate surface area is 103 Å². The lowest BCUT2D eigenvalue weighted by molar-refractivity contribution is -0.696. The second kappa shape index (κ2) is 8.92. The van der Waals surface area contributed by atoms with Crippen molar-refractivity contribution in [2.75, 3.05) is 6.61 Å². The molecule has 0 spiro atoms. The van der Waals surface area contributed by atoms with Crippen molar-refractivity contribution >= 4 is 0 Å². The molecule has 0 unspecified atom stereocenters. The van der Waals surface area contributed by atoms with Crippen molar-refractivity contribution in [3.05, 3.63) is 18.7 Å². The second-order valence-electron chi connectivity index (χ2n) is 3.67. The Morgan fingerprint density at radius 3 is 2.73 bits per heavy atom. The number of aromatic nitrogens is 2. The first kappa shape index (κ1) is 14.6. The Morgan fingerprint density at radius 1 is 1.27 bits per heavy atom. The van der Waals surface area contributed by atoms with E-state index in [0.29, 0.717) is 6.54 Å². The van der Waals surface area contributed by atoms with Crippen molar-refractivity contribution in [2.45, 2.75) is 45.7 Å². The molecule has 1 aromatic rings. The van der Waals surface area contributed by atoms with Crippen molar-refractivity contribution in [1.29, 1.82) is 0 Å². The fourth-order valence-corrected chi connectivity index (χ4v) is 1.54. The van der Waals surface area contributed by atoms with E-state index in [1.54, 1.807) is 0 Å². The molecule has 88 valence electrons. The van der Waals surface area contributed by atoms with E-state index in [1.807, 2.05) is 10.8 Å². The zero-order valence-corrected chi connectivity index (χ0v) is 11.0. The molecule has 1 aromatic heterocycles. The standard InChI is InChI=1S/C11H21N2O.BrH/c1-2-3-4-5-6-12-7-8-13(11-12)9-10-14;/h7-8,11,14H,2-6,9-10H2,1H3;1H/q+1;/p-1. The lowest BCUT2D eigenvalue weighted by Crippen LogP contribution is -3.00. The fourth-order valence-electron chi connectivity index (χ4n) is 1.54. The summed E-state index contributed by atoms with van der Waals surface area (Å²) in [6.07, 6.45) is 11.3. The summed E-state index contributed by atoms with van der Waals surface area (Å²) in [4.78, 5) is 0. The molecule has 3 nitrogen and oxygen atoms in total. The third-order valence-electron chi connectivity index (χ3n) is 2.37. The first-order chi connectivity index (χ1) is 6.86. The fraction of sp³-hybridized carbons (Fsp3) is 0.727. The molecule has 0 fully saturated rings. The predicted molar refractivity (Wildman–Crippen MR) is 55.9 cm³/mol. The Bertz CT molecular complexity index is 250. The summed E-state index contributed by atoms with van der Waals surface area (Å²) in [6.45, 7) is 4.23. The van der Waals surface area contributed by atoms with E-state index in [1.165, 1.54) is 25.7 Å². The average Bonchev–Trinajstić information content (AvgIpc) is 2.61. The summed E-state index contributed by atoms with van der Waals surface area (Å²) in [7, 11) is 0. The van der Waals surface area contributed by atoms with Crippen molar-refractivity contribution in [3.8, 4) is 0 Å². The quantitative estimate of drug-likeness (QED) is 0.470. The van der Waals surface area contributed by atoms with Crippen LogP contribution in [0.25, 0.3) is 0 Å². The van der Waals surface area contributed by atoms with Gasteiger partial charge in [-0.05, 0) is 12.8 Å². The van der Waals surface area contributed by atoms with Crippen LogP contribution >= 0.6 is 0 Å². The SMILES string of the molecule is CCCCCC[n+]1ccn(CCO)c1.[Br-]. The number of nitrogens with zero attached hydrogens (tertiary/aromatic N) is 2. The van der Waals surface area contributed by atoms with Gasteiger partial charge >= 0.3 is 0 Å². The molecular formula is C11H21BrN2O. The van der Waals surface area contributed by atoms with Gasteiger partial charge in [-0.1, -0.05) is 19.8 Å². The molecule has 15 heavy (non-hydrogen) atoms. The summed E-state index contributed by atoms with van der Waals surface area (Å²) in [6, 6.07) is 0. The largest absolute Gasteiger partial charge is 1.00 e. The van der Waals surface area contributed by atoms with Crippen molar-refractivity contribution in [2.24, 2.45) is 0 Å². The Kier molecular flexibility index (Phi) is 8.71. The number of aliphatic hydroxyl groups excluding tert-OH is 1. The topological polar surface area (TPSA) is 29.0 Å². The van der Waals surface area contributed by atoms with Crippen molar-refractivity contribution in [1.82, 2.24) is 4.57 Å². The molecular weight excluding hydrogens is 256 g/mol. The van der Waals surface area contributed by atoms with Gasteiger partial charge < -0.3 is 22.1 Å². The van der Waals surface area contributed by atoms with Gasteiger partial charge in [0, 0.05) is 0 Å². The normalized spacial score (nSPS) is 10.0. The van der Waals surface area contributed by atoms with Gasteiger partial charge in [-0.2, -0.15) is 0 Å². The Morgan fingerprint density at radius 2 is 2.07 bits per heavy atom. The molecule has 0 aliphatic carbocycles. The second-order valence-corrected chi connectivity index (χ2v) is 3.67. The first-order valence-electron chi connectivity index (χ1n) is 5.52. The molecule has 4 heteroatoms. The summed E-state index contributed by atoms with van der Waals surface area (Å²) >= 11 is 0. The molecule has 0 saturated heterocycles. The number of aliphatic hydroxyl groups is 1. The van der Waals surface area contributed by atoms with Gasteiger partial charge in [-0.25, -0.2) is 9.13 Å². The maximum absolute atomic E-state index is 8.74. The van der Waals surface area contributed by atoms with E-state index in [4.69, 9.17) is 5.11 Å². The Hall–Kier alpha value is -0.350. The predicted octanol–water partition coefficient (Wildman–Crippen LogP) is -1.65. The van der Waals surface area contributed by atoms with Gasteiger partial charge in [0.2, 0.25) is 6.33 Å². The molecule has 0 saturated carbocycles. The minimum atomic E-state index is 0. The van der Waals surface area contributed by atoms with Crippen LogP contribution in [0.5, 0.6) is 0 Å². The summed E-state index contributed by atoms with van der Waals surface area (Å²) in [5.74, 6) is 0. The van der Waals surface area contributed by atoms with Gasteiger partial charge in [0.25, 0.3) is 0 Å². The number of imidazole rings is 1. The molecule has 1 heterocycles. The molecule has 0 atom stereocenters. The van der Waals surface area contributed by atoms with Gasteiger partial charge in [0.15, 0.2) is 0 Å². The summed E-state index contributed by atoms with van der Waals surface area (Å²) < 4.78 is 4.20. The van der Waals surface area contributed by atoms with Crippen LogP contribution in [0.1, 0.15) is 32.6 Å². The van der Waals surface area contributed by atoms with Gasteiger partial charge in [-0.3, -0.25) is 0 Å². The van der Waals surface area contributed by atoms with Crippen molar-refractivity contribution in [3.63, 3.8) is 0 Å². The number of halogens is 1. The van der Waals surface area contributed by atoms with E-state index in [9.17, 15) is 0 Å². The van der Waals surface area contributed by atoms with E-state index in [-0.39, 0.29) is 23.6 Å². The lowest BCUT2D eigenvalue weighted by Gasteiger charge is -1.96. The zero-order valence-electron chi connectivity index (χ0n) is 9.40. The van der Waals surface area contributed by atoms with Crippen molar-refractivity contribution < 1.29 is 26.7 Å². The summed E-state index contributed by atoms with van der Waals surface area (Å²) in [5.41, 5.74) is 0. The van der Waals surface area contributed by atoms with Crippen LogP contribution in [0, 0.1) is 0 Å². The molecule has 1 rings (SSSR count). The number of aryl methyl sites for hydroxylation is 1. The van der Waals surface area contributed by atoms with Crippen LogP contribution < -0.4 is 21.5 Å². The third kappa shape index (κ3) is 5.95. The van der Waals surface area contributed by atoms with Gasteiger partial charge in [0.1, 0.15) is 18.9 Å². The van der Waals surface area contributed by atoms with E-state index < -0.39 is 0 Å². The highest BCUT2D eigenvalue weighted by atomic mass is 79.9. The van der Waals surface area contributed by atoms with Gasteiger partial charge in [0.05, 0.1) is 13.2 Å². The average molecular weight is 277 g/mol. The summed E-state index contributed by atoms with van der Waals surface area (Å²) in [5, 5.41) is 8.74. The van der Waals surface area contributed by atoms with Crippen LogP contribution in [-0.2, 0) is 13.1 Å². The van der Waals surface area contributed by atoms with Crippen LogP contribution in [0.2, 0.25) is 0 Å². The zero-order chi connectivity index (χ0) is 10.2. The number of rotatable bonds is 7. The lowest BCUT2D eigenvalue weighted by atomic mass is 10.2. The van der Waals surface area contributed by atoms with E-state index >= 15 is 0 Å². The molecule has 0 amide bonds. The highest BCUT2D eigenvalue weighted by Gasteiger charge is 2.01. The number of unbranched alkanes of at least 4 members (excludes halogenated alkanes) is 3. The van der Waals surface area contributed by atoms with Gasteiger partial charge in [-0.15, -0.1) is 0 Å². The minimum absolute atomic E-state index is 0. The molecule has 0 aliphatic heterocycles. The van der Waals surface area contributed by atoms with Crippen LogP contribution in [0.4, 0.5) is 0 Å². The van der Waals surface area contributed by atoms with E-state index in [0.717, 1.165) is 6.54 Å². The third-order valence-corrected chi connectivity index (χ3v) is 2.37. The van der Waals surface area contributed by atoms with E-state index in [2.05, 4.69) is 24.0 Å². The maximum Gasteiger partial charge on any atom is 0.243 e. The van der Waals surface area contributed by atoms with Crippen LogP contribution in [0.15, 0.2) is 18.7 Å². The number of hydrogen-bond donors (Lipinski definition) is 1. The molecule has 0 radical (unpaired) electrons. The highest BCUT2D eigenvalue weighted by Crippen LogP contribution is 1.98. The molecule has 0 bridgehead atoms. The van der Waals surface area contributed by atoms with Crippen LogP contribution in [-0.4, -0.2) is 16.3 Å². The highest BCUT2D eigenvalue weighted by molar-refractivity contribution is 4.65. The maximum atomic E-state index is 8.74. The minimum Gasteiger partial charge on any atom is -1.00 e. The monoisotopic (exact) mass is 276 g/mol. The molecule has 0 aliphatic rings. The smallest absolute Gasteiger partial charge is 0.243 e.